The second-order valence-electron chi connectivity index (χ2n) is 5.77. The van der Waals surface area contributed by atoms with Gasteiger partial charge in [-0.15, -0.1) is 5.10 Å². The third-order valence-electron chi connectivity index (χ3n) is 3.63. The van der Waals surface area contributed by atoms with Gasteiger partial charge in [0, 0.05) is 28.4 Å². The molecule has 10 heteroatoms. The van der Waals surface area contributed by atoms with E-state index < -0.39 is 5.97 Å². The van der Waals surface area contributed by atoms with Gasteiger partial charge >= 0.3 is 19.5 Å². The minimum absolute atomic E-state index is 0. The molecule has 0 radical (unpaired) electrons. The molecular formula is C20H16N6O2SZn. The summed E-state index contributed by atoms with van der Waals surface area (Å²) in [5.41, 5.74) is 3.71. The molecule has 30 heavy (non-hydrogen) atoms. The van der Waals surface area contributed by atoms with Gasteiger partial charge in [-0.3, -0.25) is 0 Å². The number of rotatable bonds is 4. The predicted molar refractivity (Wildman–Crippen MR) is 108 cm³/mol. The number of aliphatic carboxylic acids is 1. The van der Waals surface area contributed by atoms with E-state index in [2.05, 4.69) is 15.3 Å². The molecule has 0 aliphatic heterocycles. The van der Waals surface area contributed by atoms with Crippen molar-refractivity contribution < 1.29 is 29.4 Å². The van der Waals surface area contributed by atoms with Crippen molar-refractivity contribution in [2.75, 3.05) is 0 Å². The van der Waals surface area contributed by atoms with Crippen molar-refractivity contribution >= 4 is 24.8 Å². The summed E-state index contributed by atoms with van der Waals surface area (Å²) < 4.78 is 3.29. The molecule has 2 heterocycles. The summed E-state index contributed by atoms with van der Waals surface area (Å²) in [5.74, 6) is -1.08. The van der Waals surface area contributed by atoms with Crippen molar-refractivity contribution in [1.82, 2.24) is 24.7 Å². The second-order valence-corrected chi connectivity index (χ2v) is 6.14. The van der Waals surface area contributed by atoms with Crippen LogP contribution < -0.4 is 5.11 Å². The van der Waals surface area contributed by atoms with Crippen molar-refractivity contribution in [3.63, 3.8) is 0 Å². The summed E-state index contributed by atoms with van der Waals surface area (Å²) in [5, 5.41) is 25.8. The van der Waals surface area contributed by atoms with Crippen LogP contribution in [0.3, 0.4) is 0 Å². The third-order valence-corrected chi connectivity index (χ3v) is 3.90. The maximum atomic E-state index is 8.89. The number of aromatic nitrogens is 5. The van der Waals surface area contributed by atoms with Crippen molar-refractivity contribution in [1.29, 1.82) is 0 Å². The van der Waals surface area contributed by atoms with Crippen LogP contribution >= 0.6 is 0 Å². The van der Waals surface area contributed by atoms with E-state index in [9.17, 15) is 0 Å². The van der Waals surface area contributed by atoms with Crippen molar-refractivity contribution in [3.05, 3.63) is 78.8 Å². The Hall–Kier alpha value is -3.23. The average Bonchev–Trinajstić information content (AvgIpc) is 3.33. The van der Waals surface area contributed by atoms with E-state index in [1.54, 1.807) is 6.21 Å². The first-order valence-corrected chi connectivity index (χ1v) is 8.95. The quantitative estimate of drug-likeness (QED) is 0.256. The van der Waals surface area contributed by atoms with Crippen molar-refractivity contribution in [2.24, 2.45) is 5.10 Å². The number of para-hydroxylation sites is 1. The number of benzene rings is 2. The normalized spacial score (nSPS) is 10.2. The molecule has 4 rings (SSSR count). The Kier molecular flexibility index (Phi) is 8.52. The van der Waals surface area contributed by atoms with Gasteiger partial charge in [0.1, 0.15) is 12.0 Å². The molecule has 2 aromatic heterocycles. The number of nitrogens with zero attached hydrogens (tertiary/aromatic N) is 6. The zero-order chi connectivity index (χ0) is 20.6. The molecule has 0 unspecified atom stereocenters. The molecule has 0 aliphatic carbocycles. The Balaban J connectivity index is 0.000000591. The smallest absolute Gasteiger partial charge is 0.738 e. The molecule has 0 spiro atoms. The Labute approximate surface area is 191 Å². The van der Waals surface area contributed by atoms with Crippen molar-refractivity contribution in [2.45, 2.75) is 12.1 Å². The maximum absolute atomic E-state index is 8.89. The molecule has 0 bridgehead atoms. The predicted octanol–water partition coefficient (Wildman–Crippen LogP) is 1.67. The Morgan fingerprint density at radius 2 is 1.70 bits per heavy atom. The number of hydrogen-bond donors (Lipinski definition) is 0. The monoisotopic (exact) mass is 468 g/mol. The van der Waals surface area contributed by atoms with E-state index in [0.717, 1.165) is 29.4 Å². The Morgan fingerprint density at radius 1 is 1.10 bits per heavy atom. The molecule has 8 nitrogen and oxygen atoms in total. The van der Waals surface area contributed by atoms with E-state index in [1.807, 2.05) is 71.5 Å². The van der Waals surface area contributed by atoms with Crippen LogP contribution in [0.1, 0.15) is 12.5 Å². The fourth-order valence-corrected chi connectivity index (χ4v) is 2.58. The molecule has 0 fully saturated rings. The van der Waals surface area contributed by atoms with Crippen LogP contribution in [0.15, 0.2) is 83.4 Å². The van der Waals surface area contributed by atoms with Gasteiger partial charge in [0.25, 0.3) is 0 Å². The summed E-state index contributed by atoms with van der Waals surface area (Å²) in [7, 11) is 0. The molecule has 2 aromatic carbocycles. The van der Waals surface area contributed by atoms with E-state index in [1.165, 1.54) is 11.0 Å². The van der Waals surface area contributed by atoms with E-state index in [4.69, 9.17) is 27.6 Å². The van der Waals surface area contributed by atoms with Crippen LogP contribution in [-0.4, -0.2) is 36.8 Å². The molecule has 4 aromatic rings. The maximum Gasteiger partial charge on any atom is 2.00 e. The summed E-state index contributed by atoms with van der Waals surface area (Å²) in [6, 6.07) is 19.9. The van der Waals surface area contributed by atoms with E-state index >= 15 is 0 Å². The van der Waals surface area contributed by atoms with Crippen LogP contribution in [0.2, 0.25) is 0 Å². The van der Waals surface area contributed by atoms with Gasteiger partial charge in [-0.05, 0) is 19.1 Å². The fourth-order valence-electron chi connectivity index (χ4n) is 2.44. The Bertz CT molecular complexity index is 1110. The first kappa shape index (κ1) is 23.1. The summed E-state index contributed by atoms with van der Waals surface area (Å²) in [6.07, 6.45) is 5.13. The van der Waals surface area contributed by atoms with Crippen molar-refractivity contribution in [3.8, 4) is 16.9 Å². The Morgan fingerprint density at radius 3 is 2.27 bits per heavy atom. The molecule has 146 valence electrons. The van der Waals surface area contributed by atoms with Gasteiger partial charge in [-0.25, -0.2) is 9.36 Å². The zero-order valence-corrected chi connectivity index (χ0v) is 19.9. The molecule has 0 atom stereocenters. The SMILES string of the molecule is CC(=O)[O-].[S-]c1nncn1/N=C/c1cn(-c2ccccc2)nc1-c1ccccc1.[Zn+2]. The first-order valence-electron chi connectivity index (χ1n) is 8.54. The number of carbonyl (C=O) groups is 1. The standard InChI is InChI=1S/C18H14N6S.C2H4O2.Zn/c25-18-21-19-13-24(18)20-11-15-12-23(16-9-5-2-6-10-16)22-17(15)14-7-3-1-4-8-14;1-2(3)4;/h1-13H,(H,21,25);1H3,(H,3,4);/q;;+2/p-2/b20-11+;;. The van der Waals surface area contributed by atoms with Crippen LogP contribution in [-0.2, 0) is 36.9 Å². The van der Waals surface area contributed by atoms with Gasteiger partial charge in [0.2, 0.25) is 0 Å². The summed E-state index contributed by atoms with van der Waals surface area (Å²) in [4.78, 5) is 8.89. The number of carboxylic acid groups (broad SMARTS) is 1. The van der Waals surface area contributed by atoms with E-state index in [-0.39, 0.29) is 19.5 Å². The van der Waals surface area contributed by atoms with Gasteiger partial charge in [0.15, 0.2) is 0 Å². The molecular weight excluding hydrogens is 454 g/mol. The van der Waals surface area contributed by atoms with Gasteiger partial charge in [-0.1, -0.05) is 48.5 Å². The van der Waals surface area contributed by atoms with Crippen LogP contribution in [0.4, 0.5) is 0 Å². The summed E-state index contributed by atoms with van der Waals surface area (Å²) >= 11 is 5.06. The molecule has 0 saturated carbocycles. The minimum Gasteiger partial charge on any atom is -0.738 e. The number of carboxylic acids is 1. The second kappa shape index (κ2) is 11.1. The first-order chi connectivity index (χ1) is 14.0. The average molecular weight is 470 g/mol. The minimum atomic E-state index is -1.08. The number of hydrogen-bond acceptors (Lipinski definition) is 7. The molecule has 0 saturated heterocycles. The molecule has 0 aliphatic rings. The fraction of sp³-hybridized carbons (Fsp3) is 0.0500. The van der Waals surface area contributed by atoms with Crippen LogP contribution in [0.5, 0.6) is 0 Å². The van der Waals surface area contributed by atoms with E-state index in [0.29, 0.717) is 5.16 Å². The largest absolute Gasteiger partial charge is 2.00 e. The summed E-state index contributed by atoms with van der Waals surface area (Å²) in [6.45, 7) is 0.972. The molecule has 0 N–H and O–H groups in total. The topological polar surface area (TPSA) is 101 Å². The third kappa shape index (κ3) is 6.13. The van der Waals surface area contributed by atoms with Gasteiger partial charge < -0.3 is 22.5 Å². The zero-order valence-electron chi connectivity index (χ0n) is 16.1. The number of carbonyl (C=O) groups excluding carboxylic acids is 1. The van der Waals surface area contributed by atoms with Crippen LogP contribution in [0.25, 0.3) is 16.9 Å². The molecule has 0 amide bonds. The van der Waals surface area contributed by atoms with Gasteiger partial charge in [0.05, 0.1) is 11.9 Å². The van der Waals surface area contributed by atoms with Gasteiger partial charge in [-0.2, -0.15) is 15.3 Å². The van der Waals surface area contributed by atoms with Crippen LogP contribution in [0, 0.1) is 0 Å².